The van der Waals surface area contributed by atoms with Crippen LogP contribution in [0.15, 0.2) is 27.4 Å². The number of Topliss-reactive ketones (excluding diaryl/α,β-unsaturated/α-hetero) is 1. The normalized spacial score (nSPS) is 13.4. The molecule has 0 radical (unpaired) electrons. The maximum Gasteiger partial charge on any atom is 0.347 e. The summed E-state index contributed by atoms with van der Waals surface area (Å²) in [6.07, 6.45) is -2.25. The summed E-state index contributed by atoms with van der Waals surface area (Å²) in [5.74, 6) is -8.58. The van der Waals surface area contributed by atoms with Crippen molar-refractivity contribution in [2.75, 3.05) is 5.73 Å². The summed E-state index contributed by atoms with van der Waals surface area (Å²) in [4.78, 5) is 113. The van der Waals surface area contributed by atoms with Gasteiger partial charge in [-0.2, -0.15) is 0 Å². The molecule has 2 rings (SSSR count). The molecule has 0 saturated carbocycles. The fourth-order valence-electron chi connectivity index (χ4n) is 4.79. The number of anilines is 1. The first-order valence-corrected chi connectivity index (χ1v) is 14.8. The summed E-state index contributed by atoms with van der Waals surface area (Å²) in [5, 5.41) is 9.21. The molecular weight excluding hydrogens is 651 g/mol. The van der Waals surface area contributed by atoms with E-state index in [1.165, 1.54) is 32.0 Å². The molecule has 0 aliphatic heterocycles. The summed E-state index contributed by atoms with van der Waals surface area (Å²) in [7, 11) is 0. The molecule has 266 valence electrons. The van der Waals surface area contributed by atoms with E-state index in [1.54, 1.807) is 0 Å². The second-order valence-corrected chi connectivity index (χ2v) is 11.4. The van der Waals surface area contributed by atoms with E-state index in [0.717, 1.165) is 6.92 Å². The highest BCUT2D eigenvalue weighted by Crippen LogP contribution is 2.24. The average molecular weight is 691 g/mol. The van der Waals surface area contributed by atoms with Gasteiger partial charge in [-0.25, -0.2) is 9.18 Å². The Morgan fingerprint density at radius 2 is 1.37 bits per heavy atom. The third kappa shape index (κ3) is 11.1. The molecule has 18 nitrogen and oxygen atoms in total. The average Bonchev–Trinajstić information content (AvgIpc) is 2.98. The molecule has 0 unspecified atom stereocenters. The van der Waals surface area contributed by atoms with Crippen LogP contribution in [0.1, 0.15) is 62.4 Å². The number of hydrogen-bond acceptors (Lipinski definition) is 11. The Balaban J connectivity index is 2.42. The Hall–Kier alpha value is -5.88. The number of carbonyl (C=O) groups is 8. The van der Waals surface area contributed by atoms with Gasteiger partial charge >= 0.3 is 5.63 Å². The van der Waals surface area contributed by atoms with E-state index in [4.69, 9.17) is 27.4 Å². The molecule has 12 N–H and O–H groups in total. The minimum atomic E-state index is -1.82. The topological polar surface area (TPSA) is 319 Å². The maximum atomic E-state index is 14.3. The number of alkyl halides is 1. The Labute approximate surface area is 278 Å². The number of nitrogens with two attached hydrogens (primary N) is 4. The summed E-state index contributed by atoms with van der Waals surface area (Å²) in [6, 6.07) is -2.36. The molecule has 0 aliphatic carbocycles. The van der Waals surface area contributed by atoms with E-state index in [9.17, 15) is 47.5 Å². The van der Waals surface area contributed by atoms with Crippen LogP contribution in [0.3, 0.4) is 0 Å². The Morgan fingerprint density at radius 3 is 1.90 bits per heavy atom. The van der Waals surface area contributed by atoms with E-state index >= 15 is 0 Å². The molecule has 7 amide bonds. The molecular formula is C30H39FN8O10. The third-order valence-electron chi connectivity index (χ3n) is 7.12. The standard InChI is InChI=1S/C30H39FN8O10/c1-12(2)25(39-27(45)17(6-7-21(33)41)37-28(46)19(10-23(35)43)36-13(3)40)29(47)38-18(9-22(34)42)26(44)24-16(11-31)15-5-4-14(32)8-20(15)49-30(24)48/h4-5,8,12,17-19,25H,6-7,9-11,32H2,1-3H3,(H2,33,41)(H2,34,42)(H2,35,43)(H,36,40)(H,37,46)(H,38,47)(H,39,45)/t17-,18-,19-,25-/m0/s1. The number of benzene rings is 1. The monoisotopic (exact) mass is 690 g/mol. The quantitative estimate of drug-likeness (QED) is 0.0465. The van der Waals surface area contributed by atoms with Crippen LogP contribution in [0, 0.1) is 5.92 Å². The molecule has 1 heterocycles. The molecule has 1 aromatic heterocycles. The van der Waals surface area contributed by atoms with E-state index in [2.05, 4.69) is 21.3 Å². The number of nitrogens with one attached hydrogen (secondary N) is 4. The van der Waals surface area contributed by atoms with Gasteiger partial charge in [0.2, 0.25) is 41.4 Å². The van der Waals surface area contributed by atoms with Crippen LogP contribution in [0.2, 0.25) is 0 Å². The molecule has 0 aliphatic rings. The lowest BCUT2D eigenvalue weighted by atomic mass is 9.95. The van der Waals surface area contributed by atoms with Crippen LogP contribution in [0.5, 0.6) is 0 Å². The molecule has 1 aromatic carbocycles. The van der Waals surface area contributed by atoms with Gasteiger partial charge < -0.3 is 48.6 Å². The smallest absolute Gasteiger partial charge is 0.347 e. The van der Waals surface area contributed by atoms with Crippen LogP contribution in [0.25, 0.3) is 11.0 Å². The van der Waals surface area contributed by atoms with Crippen molar-refractivity contribution in [2.24, 2.45) is 23.1 Å². The van der Waals surface area contributed by atoms with Crippen molar-refractivity contribution in [3.63, 3.8) is 0 Å². The first kappa shape index (κ1) is 39.3. The van der Waals surface area contributed by atoms with Crippen molar-refractivity contribution in [3.8, 4) is 0 Å². The largest absolute Gasteiger partial charge is 0.422 e. The first-order chi connectivity index (χ1) is 22.9. The molecule has 0 fully saturated rings. The van der Waals surface area contributed by atoms with Crippen molar-refractivity contribution in [2.45, 2.75) is 77.3 Å². The zero-order chi connectivity index (χ0) is 37.2. The lowest BCUT2D eigenvalue weighted by Crippen LogP contribution is -2.59. The second kappa shape index (κ2) is 17.3. The molecule has 0 saturated heterocycles. The highest BCUT2D eigenvalue weighted by Gasteiger charge is 2.35. The van der Waals surface area contributed by atoms with Gasteiger partial charge in [0, 0.05) is 36.0 Å². The fraction of sp³-hybridized carbons (Fsp3) is 0.433. The minimum Gasteiger partial charge on any atom is -0.422 e. The number of carbonyl (C=O) groups excluding carboxylic acids is 8. The predicted molar refractivity (Wildman–Crippen MR) is 170 cm³/mol. The number of amides is 7. The summed E-state index contributed by atoms with van der Waals surface area (Å²) in [5.41, 5.74) is 19.0. The number of hydrogen-bond donors (Lipinski definition) is 8. The van der Waals surface area contributed by atoms with Gasteiger partial charge in [-0.1, -0.05) is 13.8 Å². The van der Waals surface area contributed by atoms with Crippen LogP contribution < -0.4 is 49.8 Å². The number of primary amides is 3. The van der Waals surface area contributed by atoms with Crippen molar-refractivity contribution >= 4 is 63.8 Å². The molecule has 49 heavy (non-hydrogen) atoms. The van der Waals surface area contributed by atoms with Gasteiger partial charge in [0.1, 0.15) is 42.0 Å². The summed E-state index contributed by atoms with van der Waals surface area (Å²) < 4.78 is 19.5. The zero-order valence-corrected chi connectivity index (χ0v) is 26.9. The van der Waals surface area contributed by atoms with Crippen LogP contribution in [-0.2, 0) is 40.2 Å². The minimum absolute atomic E-state index is 0.0387. The molecule has 0 spiro atoms. The lowest BCUT2D eigenvalue weighted by Gasteiger charge is -2.27. The van der Waals surface area contributed by atoms with Crippen molar-refractivity contribution in [1.29, 1.82) is 0 Å². The maximum absolute atomic E-state index is 14.3. The van der Waals surface area contributed by atoms with Crippen LogP contribution >= 0.6 is 0 Å². The van der Waals surface area contributed by atoms with Crippen molar-refractivity contribution in [3.05, 3.63) is 39.7 Å². The van der Waals surface area contributed by atoms with Gasteiger partial charge in [-0.05, 0) is 24.5 Å². The van der Waals surface area contributed by atoms with E-state index in [1.807, 2.05) is 0 Å². The number of nitrogen functional groups attached to an aromatic ring is 1. The Bertz CT molecular complexity index is 1690. The van der Waals surface area contributed by atoms with Gasteiger partial charge in [0.15, 0.2) is 5.78 Å². The SMILES string of the molecule is CC(=O)N[C@@H](CC(N)=O)C(=O)N[C@@H](CCC(N)=O)C(=O)N[C@H](C(=O)N[C@@H](CC(N)=O)C(=O)c1c(CF)c2ccc(N)cc2oc1=O)C(C)C. The van der Waals surface area contributed by atoms with Gasteiger partial charge in [-0.3, -0.25) is 38.4 Å². The second-order valence-electron chi connectivity index (χ2n) is 11.4. The third-order valence-corrected chi connectivity index (χ3v) is 7.12. The molecule has 19 heteroatoms. The molecule has 2 aromatic rings. The number of halogens is 1. The number of fused-ring (bicyclic) bond motifs is 1. The fourth-order valence-corrected chi connectivity index (χ4v) is 4.79. The van der Waals surface area contributed by atoms with Gasteiger partial charge in [-0.15, -0.1) is 0 Å². The van der Waals surface area contributed by atoms with Crippen LogP contribution in [0.4, 0.5) is 10.1 Å². The van der Waals surface area contributed by atoms with E-state index in [0.29, 0.717) is 0 Å². The van der Waals surface area contributed by atoms with Crippen molar-refractivity contribution < 1.29 is 47.2 Å². The van der Waals surface area contributed by atoms with Crippen molar-refractivity contribution in [1.82, 2.24) is 21.3 Å². The predicted octanol–water partition coefficient (Wildman–Crippen LogP) is -2.34. The summed E-state index contributed by atoms with van der Waals surface area (Å²) in [6.45, 7) is 2.76. The number of ketones is 1. The van der Waals surface area contributed by atoms with Gasteiger partial charge in [0.05, 0.1) is 12.8 Å². The Kier molecular flexibility index (Phi) is 13.9. The zero-order valence-electron chi connectivity index (χ0n) is 26.9. The van der Waals surface area contributed by atoms with Crippen LogP contribution in [-0.4, -0.2) is 71.3 Å². The lowest BCUT2D eigenvalue weighted by molar-refractivity contribution is -0.135. The van der Waals surface area contributed by atoms with Gasteiger partial charge in [0.25, 0.3) is 0 Å². The van der Waals surface area contributed by atoms with E-state index in [-0.39, 0.29) is 28.6 Å². The molecule has 0 bridgehead atoms. The summed E-state index contributed by atoms with van der Waals surface area (Å²) >= 11 is 0. The molecule has 4 atom stereocenters. The highest BCUT2D eigenvalue weighted by atomic mass is 19.1. The first-order valence-electron chi connectivity index (χ1n) is 14.8. The highest BCUT2D eigenvalue weighted by molar-refractivity contribution is 6.07. The Morgan fingerprint density at radius 1 is 0.796 bits per heavy atom. The van der Waals surface area contributed by atoms with E-state index < -0.39 is 114 Å². The number of rotatable bonds is 18.